The number of rotatable bonds is 10. The summed E-state index contributed by atoms with van der Waals surface area (Å²) in [5.41, 5.74) is 0. The fourth-order valence-electron chi connectivity index (χ4n) is 3.45. The Morgan fingerprint density at radius 2 is 0.913 bits per heavy atom. The molecule has 0 saturated heterocycles. The normalized spacial score (nSPS) is 13.8. The van der Waals surface area contributed by atoms with Crippen LogP contribution in [0.25, 0.3) is 0 Å². The first-order valence-corrected chi connectivity index (χ1v) is 9.86. The fraction of sp³-hybridized carbons (Fsp3) is 1.00. The van der Waals surface area contributed by atoms with E-state index in [0.29, 0.717) is 11.8 Å². The topological polar surface area (TPSA) is 20.2 Å². The Labute approximate surface area is 149 Å². The lowest BCUT2D eigenvalue weighted by atomic mass is 9.82. The van der Waals surface area contributed by atoms with Crippen LogP contribution in [0.15, 0.2) is 0 Å². The zero-order valence-corrected chi connectivity index (χ0v) is 17.2. The van der Waals surface area contributed by atoms with Crippen LogP contribution in [0.4, 0.5) is 0 Å². The van der Waals surface area contributed by atoms with Gasteiger partial charge in [0.15, 0.2) is 0 Å². The van der Waals surface area contributed by atoms with E-state index >= 15 is 0 Å². The van der Waals surface area contributed by atoms with Crippen LogP contribution in [0.5, 0.6) is 0 Å². The third-order valence-corrected chi connectivity index (χ3v) is 4.97. The van der Waals surface area contributed by atoms with Crippen molar-refractivity contribution in [1.29, 1.82) is 0 Å². The lowest BCUT2D eigenvalue weighted by molar-refractivity contribution is 0.0904. The number of hydrogen-bond acceptors (Lipinski definition) is 1. The van der Waals surface area contributed by atoms with Crippen LogP contribution in [0.3, 0.4) is 0 Å². The Morgan fingerprint density at radius 1 is 0.609 bits per heavy atom. The molecular formula is C22H50O. The number of hydrogen-bond donors (Lipinski definition) is 1. The molecular weight excluding hydrogens is 280 g/mol. The first-order valence-electron chi connectivity index (χ1n) is 9.86. The molecule has 0 aromatic rings. The van der Waals surface area contributed by atoms with Gasteiger partial charge < -0.3 is 5.11 Å². The van der Waals surface area contributed by atoms with Crippen molar-refractivity contribution >= 4 is 0 Å². The molecule has 2 atom stereocenters. The molecule has 0 saturated carbocycles. The Bertz CT molecular complexity index is 178. The van der Waals surface area contributed by atoms with Crippen molar-refractivity contribution in [3.05, 3.63) is 0 Å². The summed E-state index contributed by atoms with van der Waals surface area (Å²) in [6, 6.07) is 0. The van der Waals surface area contributed by atoms with E-state index in [1.165, 1.54) is 38.5 Å². The Hall–Kier alpha value is -0.0400. The highest BCUT2D eigenvalue weighted by Crippen LogP contribution is 2.25. The van der Waals surface area contributed by atoms with Gasteiger partial charge in [-0.2, -0.15) is 0 Å². The quantitative estimate of drug-likeness (QED) is 0.438. The van der Waals surface area contributed by atoms with Gasteiger partial charge in [0.05, 0.1) is 6.10 Å². The van der Waals surface area contributed by atoms with Gasteiger partial charge in [0.2, 0.25) is 0 Å². The van der Waals surface area contributed by atoms with E-state index in [0.717, 1.165) is 17.8 Å². The van der Waals surface area contributed by atoms with Gasteiger partial charge in [-0.05, 0) is 49.4 Å². The van der Waals surface area contributed by atoms with Crippen LogP contribution in [-0.4, -0.2) is 11.2 Å². The maximum absolute atomic E-state index is 9.41. The Morgan fingerprint density at radius 3 is 1.13 bits per heavy atom. The summed E-state index contributed by atoms with van der Waals surface area (Å²) in [6.45, 7) is 20.1. The molecule has 0 amide bonds. The van der Waals surface area contributed by atoms with Crippen molar-refractivity contribution in [3.63, 3.8) is 0 Å². The first-order chi connectivity index (χ1) is 10.2. The van der Waals surface area contributed by atoms with Gasteiger partial charge in [-0.3, -0.25) is 0 Å². The lowest BCUT2D eigenvalue weighted by Crippen LogP contribution is -2.22. The van der Waals surface area contributed by atoms with Crippen LogP contribution in [0, 0.1) is 29.6 Å². The lowest BCUT2D eigenvalue weighted by Gasteiger charge is -2.24. The fourth-order valence-corrected chi connectivity index (χ4v) is 3.45. The van der Waals surface area contributed by atoms with E-state index in [4.69, 9.17) is 0 Å². The molecule has 0 fully saturated rings. The van der Waals surface area contributed by atoms with Gasteiger partial charge in [0.25, 0.3) is 0 Å². The molecule has 0 aromatic carbocycles. The Balaban J connectivity index is -0.000000333. The summed E-state index contributed by atoms with van der Waals surface area (Å²) in [4.78, 5) is 0. The molecule has 23 heavy (non-hydrogen) atoms. The summed E-state index contributed by atoms with van der Waals surface area (Å²) < 4.78 is 0. The van der Waals surface area contributed by atoms with Crippen molar-refractivity contribution in [2.75, 3.05) is 0 Å². The first kappa shape index (κ1) is 27.8. The van der Waals surface area contributed by atoms with Crippen LogP contribution in [0.1, 0.15) is 108 Å². The molecule has 0 aliphatic rings. The highest BCUT2D eigenvalue weighted by molar-refractivity contribution is 4.68. The summed E-state index contributed by atoms with van der Waals surface area (Å²) in [5.74, 6) is 3.77. The molecule has 1 heteroatoms. The minimum Gasteiger partial charge on any atom is -0.393 e. The molecule has 0 spiro atoms. The monoisotopic (exact) mass is 330 g/mol. The predicted octanol–water partition coefficient (Wildman–Crippen LogP) is 7.57. The summed E-state index contributed by atoms with van der Waals surface area (Å²) in [7, 11) is 0. The zero-order valence-electron chi connectivity index (χ0n) is 17.2. The number of aliphatic hydroxyl groups excluding tert-OH is 1. The van der Waals surface area contributed by atoms with Gasteiger partial charge in [-0.25, -0.2) is 0 Å². The van der Waals surface area contributed by atoms with Gasteiger partial charge >= 0.3 is 0 Å². The van der Waals surface area contributed by atoms with Gasteiger partial charge in [0, 0.05) is 0 Å². The van der Waals surface area contributed by atoms with Gasteiger partial charge in [0.1, 0.15) is 0 Å². The molecule has 0 aromatic heterocycles. The third kappa shape index (κ3) is 15.2. The highest BCUT2D eigenvalue weighted by atomic mass is 16.3. The molecule has 1 N–H and O–H groups in total. The van der Waals surface area contributed by atoms with Crippen LogP contribution < -0.4 is 0 Å². The van der Waals surface area contributed by atoms with Crippen molar-refractivity contribution in [2.24, 2.45) is 29.6 Å². The maximum atomic E-state index is 9.41. The second kappa shape index (κ2) is 16.8. The van der Waals surface area contributed by atoms with Crippen LogP contribution in [-0.2, 0) is 0 Å². The third-order valence-electron chi connectivity index (χ3n) is 4.97. The highest BCUT2D eigenvalue weighted by Gasteiger charge is 2.17. The van der Waals surface area contributed by atoms with E-state index in [9.17, 15) is 5.11 Å². The van der Waals surface area contributed by atoms with E-state index in [1.807, 2.05) is 6.92 Å². The molecule has 144 valence electrons. The van der Waals surface area contributed by atoms with E-state index in [2.05, 4.69) is 55.4 Å². The number of aliphatic hydroxyl groups is 1. The molecule has 0 unspecified atom stereocenters. The van der Waals surface area contributed by atoms with Crippen LogP contribution >= 0.6 is 0 Å². The summed E-state index contributed by atoms with van der Waals surface area (Å²) in [5, 5.41) is 9.41. The average Bonchev–Trinajstić information content (AvgIpc) is 2.38. The minimum absolute atomic E-state index is 0. The molecule has 0 rings (SSSR count). The smallest absolute Gasteiger partial charge is 0.0542 e. The molecule has 0 aliphatic carbocycles. The molecule has 0 aliphatic heterocycles. The van der Waals surface area contributed by atoms with Crippen LogP contribution in [0.2, 0.25) is 0 Å². The second-order valence-electron chi connectivity index (χ2n) is 8.08. The summed E-state index contributed by atoms with van der Waals surface area (Å²) >= 11 is 0. The maximum Gasteiger partial charge on any atom is 0.0542 e. The van der Waals surface area contributed by atoms with Crippen molar-refractivity contribution in [3.8, 4) is 0 Å². The molecule has 0 bridgehead atoms. The van der Waals surface area contributed by atoms with E-state index in [1.54, 1.807) is 0 Å². The van der Waals surface area contributed by atoms with E-state index in [-0.39, 0.29) is 13.5 Å². The zero-order chi connectivity index (χ0) is 17.7. The van der Waals surface area contributed by atoms with Gasteiger partial charge in [-0.15, -0.1) is 0 Å². The standard InChI is InChI=1S/C11H24.C10H22O.CH4/c1-6-7-8-11(9(2)3)10(4)5;1-5-6-7-10(8(2)3)9(4)11;/h9-11H,6-8H2,1-5H3;8-11H,5-7H2,1-4H3;1H4/t;9-,10+;/m.0./s1. The average molecular weight is 331 g/mol. The van der Waals surface area contributed by atoms with Crippen molar-refractivity contribution in [1.82, 2.24) is 0 Å². The van der Waals surface area contributed by atoms with Gasteiger partial charge in [-0.1, -0.05) is 88.5 Å². The van der Waals surface area contributed by atoms with Crippen molar-refractivity contribution < 1.29 is 5.11 Å². The summed E-state index contributed by atoms with van der Waals surface area (Å²) in [6.07, 6.45) is 7.68. The molecule has 0 heterocycles. The minimum atomic E-state index is -0.137. The molecule has 1 nitrogen and oxygen atoms in total. The van der Waals surface area contributed by atoms with Crippen molar-refractivity contribution in [2.45, 2.75) is 114 Å². The SMILES string of the molecule is C.CCCCC(C(C)C)C(C)C.CCCC[C@H](C(C)C)[C@H](C)O. The molecule has 0 radical (unpaired) electrons. The largest absolute Gasteiger partial charge is 0.393 e. The number of unbranched alkanes of at least 4 members (excludes halogenated alkanes) is 2. The second-order valence-corrected chi connectivity index (χ2v) is 8.08. The van der Waals surface area contributed by atoms with E-state index < -0.39 is 0 Å². The Kier molecular flexibility index (Phi) is 20.3. The predicted molar refractivity (Wildman–Crippen MR) is 109 cm³/mol.